The minimum atomic E-state index is -0.184. The quantitative estimate of drug-likeness (QED) is 0.792. The lowest BCUT2D eigenvalue weighted by Gasteiger charge is -2.22. The first-order chi connectivity index (χ1) is 9.68. The molecule has 1 aromatic carbocycles. The van der Waals surface area contributed by atoms with Gasteiger partial charge in [-0.15, -0.1) is 0 Å². The number of para-hydroxylation sites is 1. The Balaban J connectivity index is 1.92. The SMILES string of the molecule is C[C@H](c1ccon1)N(C)C(=O)c1n[nH]c2ccccc12. The number of hydrogen-bond donors (Lipinski definition) is 1. The third kappa shape index (κ3) is 1.95. The lowest BCUT2D eigenvalue weighted by molar-refractivity contribution is 0.0733. The van der Waals surface area contributed by atoms with Gasteiger partial charge in [0.2, 0.25) is 0 Å². The molecule has 1 N–H and O–H groups in total. The van der Waals surface area contributed by atoms with Gasteiger partial charge < -0.3 is 9.42 Å². The van der Waals surface area contributed by atoms with Crippen molar-refractivity contribution in [3.63, 3.8) is 0 Å². The van der Waals surface area contributed by atoms with Gasteiger partial charge in [0.05, 0.1) is 11.6 Å². The van der Waals surface area contributed by atoms with Crippen molar-refractivity contribution in [3.8, 4) is 0 Å². The lowest BCUT2D eigenvalue weighted by atomic mass is 10.1. The summed E-state index contributed by atoms with van der Waals surface area (Å²) >= 11 is 0. The monoisotopic (exact) mass is 270 g/mol. The van der Waals surface area contributed by atoms with Crippen LogP contribution >= 0.6 is 0 Å². The summed E-state index contributed by atoms with van der Waals surface area (Å²) in [6.07, 6.45) is 1.49. The van der Waals surface area contributed by atoms with Crippen molar-refractivity contribution in [1.29, 1.82) is 0 Å². The number of rotatable bonds is 3. The summed E-state index contributed by atoms with van der Waals surface area (Å²) in [4.78, 5) is 14.1. The molecule has 1 amide bonds. The molecule has 0 spiro atoms. The van der Waals surface area contributed by atoms with Crippen LogP contribution in [0.3, 0.4) is 0 Å². The highest BCUT2D eigenvalue weighted by atomic mass is 16.5. The van der Waals surface area contributed by atoms with Crippen LogP contribution in [0.2, 0.25) is 0 Å². The highest BCUT2D eigenvalue weighted by Gasteiger charge is 2.24. The zero-order valence-corrected chi connectivity index (χ0v) is 11.2. The van der Waals surface area contributed by atoms with Gasteiger partial charge in [-0.1, -0.05) is 23.4 Å². The fraction of sp³-hybridized carbons (Fsp3) is 0.214. The Morgan fingerprint density at radius 3 is 2.90 bits per heavy atom. The van der Waals surface area contributed by atoms with Crippen LogP contribution in [0.25, 0.3) is 10.9 Å². The Morgan fingerprint density at radius 1 is 1.35 bits per heavy atom. The number of benzene rings is 1. The van der Waals surface area contributed by atoms with Gasteiger partial charge in [-0.2, -0.15) is 5.10 Å². The molecule has 2 heterocycles. The average molecular weight is 270 g/mol. The van der Waals surface area contributed by atoms with Gasteiger partial charge in [0.15, 0.2) is 5.69 Å². The largest absolute Gasteiger partial charge is 0.364 e. The summed E-state index contributed by atoms with van der Waals surface area (Å²) in [7, 11) is 1.73. The first-order valence-electron chi connectivity index (χ1n) is 6.29. The first-order valence-corrected chi connectivity index (χ1v) is 6.29. The first kappa shape index (κ1) is 12.4. The Kier molecular flexibility index (Phi) is 2.98. The van der Waals surface area contributed by atoms with E-state index in [0.717, 1.165) is 10.9 Å². The second kappa shape index (κ2) is 4.80. The molecule has 0 bridgehead atoms. The van der Waals surface area contributed by atoms with E-state index in [-0.39, 0.29) is 11.9 Å². The Labute approximate surface area is 115 Å². The molecule has 0 fully saturated rings. The third-order valence-electron chi connectivity index (χ3n) is 3.46. The molecule has 6 nitrogen and oxygen atoms in total. The second-order valence-corrected chi connectivity index (χ2v) is 4.63. The summed E-state index contributed by atoms with van der Waals surface area (Å²) in [6, 6.07) is 9.11. The summed E-state index contributed by atoms with van der Waals surface area (Å²) in [5, 5.41) is 11.7. The fourth-order valence-electron chi connectivity index (χ4n) is 2.11. The molecule has 0 aliphatic carbocycles. The highest BCUT2D eigenvalue weighted by Crippen LogP contribution is 2.22. The van der Waals surface area contributed by atoms with Gasteiger partial charge in [-0.25, -0.2) is 0 Å². The summed E-state index contributed by atoms with van der Waals surface area (Å²) in [5.41, 5.74) is 1.97. The molecule has 0 radical (unpaired) electrons. The van der Waals surface area contributed by atoms with Crippen LogP contribution in [-0.2, 0) is 0 Å². The molecule has 20 heavy (non-hydrogen) atoms. The van der Waals surface area contributed by atoms with Crippen LogP contribution in [0.4, 0.5) is 0 Å². The second-order valence-electron chi connectivity index (χ2n) is 4.63. The molecule has 0 saturated heterocycles. The zero-order valence-electron chi connectivity index (χ0n) is 11.2. The maximum Gasteiger partial charge on any atom is 0.275 e. The number of nitrogens with zero attached hydrogens (tertiary/aromatic N) is 3. The van der Waals surface area contributed by atoms with Crippen molar-refractivity contribution >= 4 is 16.8 Å². The average Bonchev–Trinajstić information content (AvgIpc) is 3.14. The van der Waals surface area contributed by atoms with Gasteiger partial charge >= 0.3 is 0 Å². The summed E-state index contributed by atoms with van der Waals surface area (Å²) in [5.74, 6) is -0.155. The van der Waals surface area contributed by atoms with Crippen molar-refractivity contribution in [2.45, 2.75) is 13.0 Å². The number of carbonyl (C=O) groups is 1. The van der Waals surface area contributed by atoms with Crippen molar-refractivity contribution in [3.05, 3.63) is 48.0 Å². The van der Waals surface area contributed by atoms with E-state index in [1.807, 2.05) is 31.2 Å². The van der Waals surface area contributed by atoms with Crippen molar-refractivity contribution < 1.29 is 9.32 Å². The number of carbonyl (C=O) groups excluding carboxylic acids is 1. The standard InChI is InChI=1S/C14H14N4O2/c1-9(11-7-8-20-17-11)18(2)14(19)13-10-5-3-4-6-12(10)15-16-13/h3-9H,1-2H3,(H,15,16)/t9-/m1/s1. The summed E-state index contributed by atoms with van der Waals surface area (Å²) in [6.45, 7) is 1.89. The molecule has 102 valence electrons. The number of aromatic nitrogens is 3. The molecule has 6 heteroatoms. The minimum absolute atomic E-state index is 0.155. The molecule has 1 atom stereocenters. The molecule has 0 unspecified atom stereocenters. The molecular weight excluding hydrogens is 256 g/mol. The predicted molar refractivity (Wildman–Crippen MR) is 73.1 cm³/mol. The molecular formula is C14H14N4O2. The van der Waals surface area contributed by atoms with Crippen LogP contribution in [0.1, 0.15) is 29.1 Å². The van der Waals surface area contributed by atoms with Crippen LogP contribution in [0, 0.1) is 0 Å². The van der Waals surface area contributed by atoms with Gasteiger partial charge in [-0.05, 0) is 13.0 Å². The topological polar surface area (TPSA) is 75.0 Å². The van der Waals surface area contributed by atoms with E-state index < -0.39 is 0 Å². The number of hydrogen-bond acceptors (Lipinski definition) is 4. The molecule has 3 aromatic rings. The Bertz CT molecular complexity index is 733. The summed E-state index contributed by atoms with van der Waals surface area (Å²) < 4.78 is 4.82. The van der Waals surface area contributed by atoms with Crippen LogP contribution in [0.5, 0.6) is 0 Å². The van der Waals surface area contributed by atoms with E-state index in [1.165, 1.54) is 6.26 Å². The lowest BCUT2D eigenvalue weighted by Crippen LogP contribution is -2.30. The highest BCUT2D eigenvalue weighted by molar-refractivity contribution is 6.04. The minimum Gasteiger partial charge on any atom is -0.364 e. The van der Waals surface area contributed by atoms with E-state index in [0.29, 0.717) is 11.4 Å². The van der Waals surface area contributed by atoms with Crippen molar-refractivity contribution in [2.24, 2.45) is 0 Å². The number of nitrogens with one attached hydrogen (secondary N) is 1. The van der Waals surface area contributed by atoms with Gasteiger partial charge in [0.25, 0.3) is 5.91 Å². The molecule has 0 saturated carbocycles. The Morgan fingerprint density at radius 2 is 2.15 bits per heavy atom. The van der Waals surface area contributed by atoms with Crippen LogP contribution in [0.15, 0.2) is 41.1 Å². The zero-order chi connectivity index (χ0) is 14.1. The third-order valence-corrected chi connectivity index (χ3v) is 3.46. The van der Waals surface area contributed by atoms with E-state index in [9.17, 15) is 4.79 Å². The predicted octanol–water partition coefficient (Wildman–Crippen LogP) is 2.38. The molecule has 3 rings (SSSR count). The Hall–Kier alpha value is -2.63. The van der Waals surface area contributed by atoms with Crippen LogP contribution < -0.4 is 0 Å². The molecule has 0 aliphatic heterocycles. The fourth-order valence-corrected chi connectivity index (χ4v) is 2.11. The molecule has 0 aliphatic rings. The van der Waals surface area contributed by atoms with Gasteiger partial charge in [-0.3, -0.25) is 9.89 Å². The number of aromatic amines is 1. The van der Waals surface area contributed by atoms with E-state index in [4.69, 9.17) is 4.52 Å². The normalized spacial score (nSPS) is 12.5. The van der Waals surface area contributed by atoms with E-state index in [1.54, 1.807) is 18.0 Å². The number of amides is 1. The maximum atomic E-state index is 12.5. The molecule has 2 aromatic heterocycles. The van der Waals surface area contributed by atoms with Crippen molar-refractivity contribution in [1.82, 2.24) is 20.3 Å². The van der Waals surface area contributed by atoms with Crippen molar-refractivity contribution in [2.75, 3.05) is 7.05 Å². The van der Waals surface area contributed by atoms with Crippen LogP contribution in [-0.4, -0.2) is 33.2 Å². The van der Waals surface area contributed by atoms with E-state index in [2.05, 4.69) is 15.4 Å². The maximum absolute atomic E-state index is 12.5. The number of fused-ring (bicyclic) bond motifs is 1. The van der Waals surface area contributed by atoms with E-state index >= 15 is 0 Å². The smallest absolute Gasteiger partial charge is 0.275 e. The van der Waals surface area contributed by atoms with Gasteiger partial charge in [0.1, 0.15) is 12.0 Å². The van der Waals surface area contributed by atoms with Gasteiger partial charge in [0, 0.05) is 18.5 Å². The number of H-pyrrole nitrogens is 1.